The summed E-state index contributed by atoms with van der Waals surface area (Å²) in [7, 11) is 0. The number of para-hydroxylation sites is 1. The van der Waals surface area contributed by atoms with Gasteiger partial charge in [-0.15, -0.1) is 0 Å². The fraction of sp³-hybridized carbons (Fsp3) is 0.222. The molecule has 1 aromatic rings. The van der Waals surface area contributed by atoms with Gasteiger partial charge in [0.15, 0.2) is 0 Å². The monoisotopic (exact) mass is 131 g/mol. The first-order valence-corrected chi connectivity index (χ1v) is 3.57. The standard InChI is InChI=1S/C9H9N/c1-2-6-9-8(4-1)5-3-7-10-9/h1-2,4,6-7H,3,5H2. The second-order valence-corrected chi connectivity index (χ2v) is 2.48. The van der Waals surface area contributed by atoms with Crippen LogP contribution < -0.4 is 5.32 Å². The Labute approximate surface area is 61.1 Å². The molecule has 0 N–H and O–H groups in total. The van der Waals surface area contributed by atoms with E-state index in [1.807, 2.05) is 12.6 Å². The average Bonchev–Trinajstić information content (AvgIpc) is 2.05. The molecule has 1 aliphatic rings. The van der Waals surface area contributed by atoms with Gasteiger partial charge in [-0.2, -0.15) is 0 Å². The minimum absolute atomic E-state index is 1.09. The molecule has 0 amide bonds. The van der Waals surface area contributed by atoms with E-state index in [-0.39, 0.29) is 0 Å². The van der Waals surface area contributed by atoms with Crippen LogP contribution in [0.1, 0.15) is 12.0 Å². The van der Waals surface area contributed by atoms with E-state index in [1.165, 1.54) is 5.56 Å². The van der Waals surface area contributed by atoms with Gasteiger partial charge in [0, 0.05) is 0 Å². The van der Waals surface area contributed by atoms with Gasteiger partial charge in [0.1, 0.15) is 0 Å². The summed E-state index contributed by atoms with van der Waals surface area (Å²) in [6.07, 6.45) is 2.25. The van der Waals surface area contributed by atoms with Crippen LogP contribution in [0.3, 0.4) is 0 Å². The van der Waals surface area contributed by atoms with Gasteiger partial charge in [-0.3, -0.25) is 5.32 Å². The zero-order chi connectivity index (χ0) is 6.81. The maximum Gasteiger partial charge on any atom is 0.0733 e. The van der Waals surface area contributed by atoms with Crippen molar-refractivity contribution in [1.82, 2.24) is 5.32 Å². The molecule has 0 fully saturated rings. The van der Waals surface area contributed by atoms with Gasteiger partial charge in [0.2, 0.25) is 0 Å². The van der Waals surface area contributed by atoms with Crippen LogP contribution in [0.2, 0.25) is 0 Å². The SMILES string of the molecule is [CH]1CCc2ccccc2[N]1. The quantitative estimate of drug-likeness (QED) is 0.511. The molecule has 1 aliphatic heterocycles. The first-order chi connectivity index (χ1) is 4.97. The first kappa shape index (κ1) is 5.78. The Morgan fingerprint density at radius 3 is 3.00 bits per heavy atom. The van der Waals surface area contributed by atoms with E-state index in [1.54, 1.807) is 0 Å². The van der Waals surface area contributed by atoms with Crippen LogP contribution in [0.25, 0.3) is 0 Å². The predicted molar refractivity (Wildman–Crippen MR) is 40.9 cm³/mol. The molecule has 0 bridgehead atoms. The number of aryl methyl sites for hydroxylation is 1. The van der Waals surface area contributed by atoms with Crippen molar-refractivity contribution in [3.8, 4) is 0 Å². The highest BCUT2D eigenvalue weighted by molar-refractivity contribution is 5.47. The Kier molecular flexibility index (Phi) is 1.35. The summed E-state index contributed by atoms with van der Waals surface area (Å²) in [5, 5.41) is 4.27. The number of hydrogen-bond donors (Lipinski definition) is 0. The smallest absolute Gasteiger partial charge is 0.0733 e. The molecule has 1 nitrogen and oxygen atoms in total. The highest BCUT2D eigenvalue weighted by Gasteiger charge is 2.07. The van der Waals surface area contributed by atoms with Gasteiger partial charge in [0.05, 0.1) is 12.2 Å². The third-order valence-electron chi connectivity index (χ3n) is 1.76. The van der Waals surface area contributed by atoms with Crippen molar-refractivity contribution in [1.29, 1.82) is 0 Å². The fourth-order valence-corrected chi connectivity index (χ4v) is 1.23. The topological polar surface area (TPSA) is 14.1 Å². The van der Waals surface area contributed by atoms with Crippen LogP contribution in [-0.4, -0.2) is 0 Å². The van der Waals surface area contributed by atoms with Crippen LogP contribution in [0.5, 0.6) is 0 Å². The third kappa shape index (κ3) is 0.878. The molecule has 1 heterocycles. The summed E-state index contributed by atoms with van der Waals surface area (Å²) in [5.41, 5.74) is 2.53. The Morgan fingerprint density at radius 1 is 1.20 bits per heavy atom. The van der Waals surface area contributed by atoms with Gasteiger partial charge in [-0.05, 0) is 24.5 Å². The Morgan fingerprint density at radius 2 is 2.10 bits per heavy atom. The highest BCUT2D eigenvalue weighted by atomic mass is 14.9. The summed E-state index contributed by atoms with van der Waals surface area (Å²) < 4.78 is 0. The van der Waals surface area contributed by atoms with Crippen LogP contribution in [0, 0.1) is 6.54 Å². The number of nitrogens with zero attached hydrogens (tertiary/aromatic N) is 1. The van der Waals surface area contributed by atoms with Crippen molar-refractivity contribution in [3.63, 3.8) is 0 Å². The molecule has 50 valence electrons. The van der Waals surface area contributed by atoms with Gasteiger partial charge in [-0.25, -0.2) is 0 Å². The predicted octanol–water partition coefficient (Wildman–Crippen LogP) is 2.03. The van der Waals surface area contributed by atoms with E-state index in [2.05, 4.69) is 23.5 Å². The summed E-state index contributed by atoms with van der Waals surface area (Å²) >= 11 is 0. The maximum atomic E-state index is 4.27. The van der Waals surface area contributed by atoms with Crippen LogP contribution in [0.4, 0.5) is 5.69 Å². The number of fused-ring (bicyclic) bond motifs is 1. The van der Waals surface area contributed by atoms with Gasteiger partial charge in [0.25, 0.3) is 0 Å². The second kappa shape index (κ2) is 2.33. The first-order valence-electron chi connectivity index (χ1n) is 3.57. The molecule has 1 aromatic carbocycles. The molecule has 1 heteroatoms. The van der Waals surface area contributed by atoms with E-state index >= 15 is 0 Å². The Balaban J connectivity index is 2.41. The van der Waals surface area contributed by atoms with E-state index in [4.69, 9.17) is 0 Å². The third-order valence-corrected chi connectivity index (χ3v) is 1.76. The van der Waals surface area contributed by atoms with Crippen molar-refractivity contribution in [2.75, 3.05) is 0 Å². The molecule has 0 saturated heterocycles. The molecule has 0 unspecified atom stereocenters. The van der Waals surface area contributed by atoms with Crippen LogP contribution in [0.15, 0.2) is 24.3 Å². The summed E-state index contributed by atoms with van der Waals surface area (Å²) in [5.74, 6) is 0. The molecule has 0 aromatic heterocycles. The maximum absolute atomic E-state index is 4.27. The molecule has 0 aliphatic carbocycles. The lowest BCUT2D eigenvalue weighted by molar-refractivity contribution is 0.799. The molecule has 2 radical (unpaired) electrons. The highest BCUT2D eigenvalue weighted by Crippen LogP contribution is 2.22. The zero-order valence-corrected chi connectivity index (χ0v) is 5.75. The minimum atomic E-state index is 1.09. The van der Waals surface area contributed by atoms with Crippen molar-refractivity contribution < 1.29 is 0 Å². The second-order valence-electron chi connectivity index (χ2n) is 2.48. The van der Waals surface area contributed by atoms with Gasteiger partial charge >= 0.3 is 0 Å². The van der Waals surface area contributed by atoms with Crippen molar-refractivity contribution >= 4 is 5.69 Å². The normalized spacial score (nSPS) is 15.6. The molecule has 0 spiro atoms. The van der Waals surface area contributed by atoms with E-state index < -0.39 is 0 Å². The number of hydrogen-bond acceptors (Lipinski definition) is 0. The molecular weight excluding hydrogens is 122 g/mol. The lowest BCUT2D eigenvalue weighted by Crippen LogP contribution is -2.04. The fourth-order valence-electron chi connectivity index (χ4n) is 1.23. The molecule has 2 rings (SSSR count). The minimum Gasteiger partial charge on any atom is -0.280 e. The molecular formula is C9H9N. The lowest BCUT2D eigenvalue weighted by atomic mass is 10.0. The summed E-state index contributed by atoms with van der Waals surface area (Å²) in [6, 6.07) is 8.30. The molecule has 0 saturated carbocycles. The van der Waals surface area contributed by atoms with Crippen molar-refractivity contribution in [3.05, 3.63) is 36.4 Å². The average molecular weight is 131 g/mol. The van der Waals surface area contributed by atoms with Gasteiger partial charge in [-0.1, -0.05) is 18.2 Å². The van der Waals surface area contributed by atoms with Gasteiger partial charge < -0.3 is 0 Å². The van der Waals surface area contributed by atoms with Crippen LogP contribution >= 0.6 is 0 Å². The Bertz CT molecular complexity index is 205. The van der Waals surface area contributed by atoms with Crippen molar-refractivity contribution in [2.45, 2.75) is 12.8 Å². The summed E-state index contributed by atoms with van der Waals surface area (Å²) in [4.78, 5) is 0. The number of rotatable bonds is 0. The Hall–Kier alpha value is -0.980. The number of benzene rings is 1. The lowest BCUT2D eigenvalue weighted by Gasteiger charge is -2.13. The molecule has 10 heavy (non-hydrogen) atoms. The summed E-state index contributed by atoms with van der Waals surface area (Å²) in [6.45, 7) is 1.99. The van der Waals surface area contributed by atoms with E-state index in [0.29, 0.717) is 0 Å². The van der Waals surface area contributed by atoms with Crippen LogP contribution in [-0.2, 0) is 6.42 Å². The molecule has 0 atom stereocenters. The van der Waals surface area contributed by atoms with E-state index in [0.717, 1.165) is 18.5 Å². The zero-order valence-electron chi connectivity index (χ0n) is 5.75. The van der Waals surface area contributed by atoms with E-state index in [9.17, 15) is 0 Å². The van der Waals surface area contributed by atoms with Crippen molar-refractivity contribution in [2.24, 2.45) is 0 Å². The largest absolute Gasteiger partial charge is 0.280 e.